The first-order valence-electron chi connectivity index (χ1n) is 17.8. The summed E-state index contributed by atoms with van der Waals surface area (Å²) < 4.78 is 41.0. The van der Waals surface area contributed by atoms with Gasteiger partial charge in [0.15, 0.2) is 17.4 Å². The number of rotatable bonds is 7. The fourth-order valence-electron chi connectivity index (χ4n) is 7.10. The van der Waals surface area contributed by atoms with Crippen LogP contribution in [0.5, 0.6) is 0 Å². The van der Waals surface area contributed by atoms with Gasteiger partial charge in [-0.2, -0.15) is 5.10 Å². The lowest BCUT2D eigenvalue weighted by molar-refractivity contribution is -0.120. The van der Waals surface area contributed by atoms with Crippen LogP contribution in [0.4, 0.5) is 29.7 Å². The first-order chi connectivity index (χ1) is 25.8. The third-order valence-corrected chi connectivity index (χ3v) is 9.62. The maximum absolute atomic E-state index is 15.3. The Morgan fingerprint density at radius 2 is 1.35 bits per heavy atom. The van der Waals surface area contributed by atoms with Gasteiger partial charge in [-0.05, 0) is 67.9 Å². The molecule has 0 radical (unpaired) electrons. The van der Waals surface area contributed by atoms with Crippen molar-refractivity contribution in [3.8, 4) is 11.3 Å². The van der Waals surface area contributed by atoms with E-state index >= 15 is 8.78 Å². The summed E-state index contributed by atoms with van der Waals surface area (Å²) in [6, 6.07) is 6.46. The molecule has 4 amide bonds. The second-order valence-corrected chi connectivity index (χ2v) is 13.9. The molecule has 0 unspecified atom stereocenters. The molecule has 2 aromatic carbocycles. The molecule has 2 aliphatic heterocycles. The Balaban J connectivity index is 0.000000208. The number of ether oxygens (including phenoxy) is 2. The number of nitrogens with zero attached hydrogens (tertiary/aromatic N) is 4. The van der Waals surface area contributed by atoms with Gasteiger partial charge in [-0.1, -0.05) is 13.5 Å². The summed E-state index contributed by atoms with van der Waals surface area (Å²) >= 11 is 0. The summed E-state index contributed by atoms with van der Waals surface area (Å²) in [7, 11) is 3.68. The Morgan fingerprint density at radius 3 is 1.87 bits per heavy atom. The lowest BCUT2D eigenvalue weighted by Crippen LogP contribution is -2.33. The minimum absolute atomic E-state index is 0. The fraction of sp³-hybridized carbons (Fsp3) is 0.436. The van der Waals surface area contributed by atoms with Crippen LogP contribution in [0.15, 0.2) is 42.2 Å². The summed E-state index contributed by atoms with van der Waals surface area (Å²) in [6.45, 7) is 3.47. The molecule has 7 rings (SSSR count). The Bertz CT molecular complexity index is 2010. The van der Waals surface area contributed by atoms with Crippen molar-refractivity contribution in [2.24, 2.45) is 0 Å². The van der Waals surface area contributed by atoms with Crippen LogP contribution in [-0.2, 0) is 38.3 Å². The topological polar surface area (TPSA) is 166 Å². The van der Waals surface area contributed by atoms with Crippen LogP contribution in [0.2, 0.25) is 0 Å². The van der Waals surface area contributed by atoms with Crippen molar-refractivity contribution in [1.29, 1.82) is 0 Å². The summed E-state index contributed by atoms with van der Waals surface area (Å²) in [5.74, 6) is -1.58. The number of aromatic nitrogens is 2. The number of aromatic amines is 1. The second-order valence-electron chi connectivity index (χ2n) is 13.9. The maximum Gasteiger partial charge on any atom is 0.414 e. The number of anilines is 2. The van der Waals surface area contributed by atoms with Crippen molar-refractivity contribution in [1.82, 2.24) is 25.7 Å². The average molecular weight is 764 g/mol. The molecular weight excluding hydrogens is 716 g/mol. The lowest BCUT2D eigenvalue weighted by atomic mass is 9.98. The molecular formula is C39H47F2N7O7. The highest BCUT2D eigenvalue weighted by molar-refractivity contribution is 6.10. The van der Waals surface area contributed by atoms with Crippen LogP contribution in [0, 0.1) is 11.6 Å². The number of cyclic esters (lactones) is 2. The lowest BCUT2D eigenvalue weighted by Gasteiger charge is -2.17. The van der Waals surface area contributed by atoms with Crippen molar-refractivity contribution in [2.45, 2.75) is 72.0 Å². The van der Waals surface area contributed by atoms with Gasteiger partial charge < -0.3 is 25.0 Å². The molecule has 2 aliphatic carbocycles. The third kappa shape index (κ3) is 8.79. The Morgan fingerprint density at radius 1 is 0.836 bits per heavy atom. The summed E-state index contributed by atoms with van der Waals surface area (Å²) in [5.41, 5.74) is 4.93. The number of allylic oxidation sites excluding steroid dienone is 1. The fourth-order valence-corrected chi connectivity index (χ4v) is 7.10. The van der Waals surface area contributed by atoms with Crippen molar-refractivity contribution in [2.75, 3.05) is 50.1 Å². The minimum Gasteiger partial charge on any atom is -0.442 e. The van der Waals surface area contributed by atoms with Gasteiger partial charge in [0.25, 0.3) is 0 Å². The van der Waals surface area contributed by atoms with Gasteiger partial charge in [-0.25, -0.2) is 18.4 Å². The van der Waals surface area contributed by atoms with Gasteiger partial charge in [-0.15, -0.1) is 0 Å². The van der Waals surface area contributed by atoms with Crippen LogP contribution >= 0.6 is 0 Å². The molecule has 4 aliphatic rings. The van der Waals surface area contributed by atoms with E-state index in [1.165, 1.54) is 29.7 Å². The first kappa shape index (κ1) is 40.4. The normalized spacial score (nSPS) is 19.4. The second kappa shape index (κ2) is 17.1. The van der Waals surface area contributed by atoms with Crippen LogP contribution in [0.3, 0.4) is 0 Å². The van der Waals surface area contributed by atoms with Crippen LogP contribution in [0.1, 0.15) is 67.6 Å². The zero-order valence-electron chi connectivity index (χ0n) is 30.6. The highest BCUT2D eigenvalue weighted by Crippen LogP contribution is 2.37. The molecule has 0 spiro atoms. The van der Waals surface area contributed by atoms with E-state index in [9.17, 15) is 24.0 Å². The Kier molecular flexibility index (Phi) is 12.6. The van der Waals surface area contributed by atoms with Crippen LogP contribution < -0.4 is 20.4 Å². The van der Waals surface area contributed by atoms with Gasteiger partial charge in [0.05, 0.1) is 49.4 Å². The van der Waals surface area contributed by atoms with Crippen LogP contribution in [0.25, 0.3) is 11.3 Å². The third-order valence-electron chi connectivity index (χ3n) is 9.62. The van der Waals surface area contributed by atoms with E-state index in [0.717, 1.165) is 29.7 Å². The molecule has 2 atom stereocenters. The number of benzene rings is 2. The zero-order valence-corrected chi connectivity index (χ0v) is 30.6. The molecule has 14 nitrogen and oxygen atoms in total. The minimum atomic E-state index is -0.664. The molecule has 0 bridgehead atoms. The van der Waals surface area contributed by atoms with E-state index in [2.05, 4.69) is 20.8 Å². The van der Waals surface area contributed by atoms with E-state index in [1.54, 1.807) is 29.4 Å². The smallest absolute Gasteiger partial charge is 0.414 e. The number of hydrogen-bond donors (Lipinski definition) is 3. The quantitative estimate of drug-likeness (QED) is 0.221. The van der Waals surface area contributed by atoms with E-state index in [4.69, 9.17) is 9.47 Å². The SMILES string of the molecule is C.CC(=O)NC[C@H]1CN(c2ccc3c(c2F)CCC/C(=C\N(C)C)C3=O)C(=O)O1.CC(=O)NC[C@H]1CN(c2ccc3c(c2F)CCCc2cn[nH]c2-3)C(=O)O1. The molecule has 294 valence electrons. The van der Waals surface area contributed by atoms with Gasteiger partial charge in [0.1, 0.15) is 12.2 Å². The van der Waals surface area contributed by atoms with Gasteiger partial charge in [0.2, 0.25) is 11.8 Å². The number of fused-ring (bicyclic) bond motifs is 4. The molecule has 3 N–H and O–H groups in total. The standard InChI is InChI=1S/C20H24FN3O4.C18H19FN4O3.CH4/c1-12(25)22-9-14-11-24(20(27)28-14)17-8-7-16-15(18(17)21)6-4-5-13(19(16)26)10-23(2)3;1-10(24)20-8-12-9-23(18(25)26-12)15-6-5-14-13(16(15)19)4-2-3-11-7-21-22-17(11)14;/h7-8,10,14H,4-6,9,11H2,1-3H3,(H,22,25);5-7,12H,2-4,8-9H2,1H3,(H,20,24)(H,21,22);1H4/b13-10+;;/t14-;12-;/m00./s1. The maximum atomic E-state index is 15.3. The van der Waals surface area contributed by atoms with E-state index in [-0.39, 0.29) is 62.6 Å². The largest absolute Gasteiger partial charge is 0.442 e. The summed E-state index contributed by atoms with van der Waals surface area (Å²) in [5, 5.41) is 12.2. The molecule has 3 heterocycles. The number of nitrogens with one attached hydrogen (secondary N) is 3. The predicted molar refractivity (Wildman–Crippen MR) is 201 cm³/mol. The predicted octanol–water partition coefficient (Wildman–Crippen LogP) is 5.05. The van der Waals surface area contributed by atoms with Crippen molar-refractivity contribution in [3.63, 3.8) is 0 Å². The molecule has 1 aromatic heterocycles. The number of hydrogen-bond acceptors (Lipinski definition) is 9. The van der Waals surface area contributed by atoms with Crippen molar-refractivity contribution >= 4 is 41.2 Å². The highest BCUT2D eigenvalue weighted by Gasteiger charge is 2.37. The number of aryl methyl sites for hydroxylation is 1. The van der Waals surface area contributed by atoms with Gasteiger partial charge in [0, 0.05) is 56.4 Å². The number of amides is 4. The van der Waals surface area contributed by atoms with Gasteiger partial charge >= 0.3 is 12.2 Å². The van der Waals surface area contributed by atoms with E-state index in [0.29, 0.717) is 47.9 Å². The van der Waals surface area contributed by atoms with E-state index in [1.807, 2.05) is 20.2 Å². The van der Waals surface area contributed by atoms with Gasteiger partial charge in [-0.3, -0.25) is 29.3 Å². The number of carbonyl (C=O) groups is 5. The summed E-state index contributed by atoms with van der Waals surface area (Å²) in [4.78, 5) is 63.6. The molecule has 55 heavy (non-hydrogen) atoms. The van der Waals surface area contributed by atoms with E-state index < -0.39 is 36.0 Å². The summed E-state index contributed by atoms with van der Waals surface area (Å²) in [6.07, 6.45) is 5.12. The van der Waals surface area contributed by atoms with Crippen molar-refractivity contribution < 1.29 is 42.2 Å². The number of H-pyrrole nitrogens is 1. The molecule has 16 heteroatoms. The number of ketones is 1. The Hall–Kier alpha value is -5.80. The molecule has 3 aromatic rings. The van der Waals surface area contributed by atoms with Crippen molar-refractivity contribution in [3.05, 3.63) is 76.1 Å². The van der Waals surface area contributed by atoms with Crippen LogP contribution in [-0.4, -0.2) is 97.4 Å². The number of halogens is 2. The molecule has 2 fully saturated rings. The Labute approximate surface area is 318 Å². The molecule has 2 saturated heterocycles. The first-order valence-corrected chi connectivity index (χ1v) is 17.8. The average Bonchev–Trinajstić information content (AvgIpc) is 3.78. The number of carbonyl (C=O) groups excluding carboxylic acids is 5. The zero-order chi connectivity index (χ0) is 38.7. The molecule has 0 saturated carbocycles. The highest BCUT2D eigenvalue weighted by atomic mass is 19.1. The number of Topliss-reactive ketones (excluding diaryl/α,β-unsaturated/α-hetero) is 1. The monoisotopic (exact) mass is 763 g/mol.